The predicted octanol–water partition coefficient (Wildman–Crippen LogP) is 7.80. The summed E-state index contributed by atoms with van der Waals surface area (Å²) < 4.78 is 37.1. The summed E-state index contributed by atoms with van der Waals surface area (Å²) in [6.07, 6.45) is 9.85. The summed E-state index contributed by atoms with van der Waals surface area (Å²) in [6.45, 7) is 5.60. The Morgan fingerprint density at radius 3 is 2.34 bits per heavy atom. The molecule has 0 atom stereocenters. The van der Waals surface area contributed by atoms with Gasteiger partial charge in [0.05, 0.1) is 26.9 Å². The Labute approximate surface area is 275 Å². The molecule has 1 aliphatic carbocycles. The van der Waals surface area contributed by atoms with Crippen LogP contribution in [0.3, 0.4) is 0 Å². The van der Waals surface area contributed by atoms with Gasteiger partial charge in [0, 0.05) is 25.6 Å². The van der Waals surface area contributed by atoms with Crippen molar-refractivity contribution >= 4 is 29.1 Å². The van der Waals surface area contributed by atoms with Gasteiger partial charge < -0.3 is 28.4 Å². The summed E-state index contributed by atoms with van der Waals surface area (Å²) >= 11 is 0. The van der Waals surface area contributed by atoms with E-state index in [0.717, 1.165) is 59.3 Å². The van der Waals surface area contributed by atoms with E-state index in [0.29, 0.717) is 49.2 Å². The lowest BCUT2D eigenvalue weighted by Gasteiger charge is -2.39. The largest absolute Gasteiger partial charge is 0.493 e. The van der Waals surface area contributed by atoms with E-state index in [4.69, 9.17) is 18.6 Å². The molecule has 2 aromatic carbocycles. The number of halogens is 1. The number of methoxy groups -OCH3 is 2. The van der Waals surface area contributed by atoms with Gasteiger partial charge in [-0.25, -0.2) is 9.18 Å². The van der Waals surface area contributed by atoms with E-state index >= 15 is 0 Å². The zero-order valence-electron chi connectivity index (χ0n) is 27.5. The maximum atomic E-state index is 14.5. The number of benzene rings is 2. The number of hydrogen-bond donors (Lipinski definition) is 0. The third-order valence-electron chi connectivity index (χ3n) is 9.67. The number of allylic oxidation sites excluding steroid dienone is 3. The number of Topliss-reactive ketones (excluding diaryl/α,β-unsaturated/α-hetero) is 1. The summed E-state index contributed by atoms with van der Waals surface area (Å²) in [7, 11) is 3.06. The molecule has 1 aromatic heterocycles. The number of hydrogen-bond acceptors (Lipinski definition) is 7. The molecule has 0 bridgehead atoms. The first kappa shape index (κ1) is 32.6. The Kier molecular flexibility index (Phi) is 10.1. The van der Waals surface area contributed by atoms with Crippen LogP contribution < -0.4 is 14.2 Å². The Balaban J connectivity index is 1.20. The first-order valence-electron chi connectivity index (χ1n) is 16.6. The molecule has 0 saturated carbocycles. The third kappa shape index (κ3) is 7.30. The van der Waals surface area contributed by atoms with Gasteiger partial charge in [0.25, 0.3) is 0 Å². The Morgan fingerprint density at radius 2 is 1.68 bits per heavy atom. The molecule has 0 radical (unpaired) electrons. The highest BCUT2D eigenvalue weighted by molar-refractivity contribution is 6.05. The van der Waals surface area contributed by atoms with Crippen molar-refractivity contribution in [3.8, 4) is 17.2 Å². The number of amides is 1. The van der Waals surface area contributed by atoms with E-state index in [1.807, 2.05) is 25.1 Å². The highest BCUT2D eigenvalue weighted by Crippen LogP contribution is 2.46. The minimum atomic E-state index is -0.415. The van der Waals surface area contributed by atoms with Crippen molar-refractivity contribution in [2.24, 2.45) is 0 Å². The number of carbonyl (C=O) groups excluding carboxylic acids is 2. The quantitative estimate of drug-likeness (QED) is 0.223. The zero-order chi connectivity index (χ0) is 32.9. The normalized spacial score (nSPS) is 18.0. The summed E-state index contributed by atoms with van der Waals surface area (Å²) in [5, 5.41) is 0. The van der Waals surface area contributed by atoms with E-state index < -0.39 is 6.09 Å². The lowest BCUT2D eigenvalue weighted by atomic mass is 9.98. The minimum Gasteiger partial charge on any atom is -0.493 e. The molecule has 2 saturated heterocycles. The minimum absolute atomic E-state index is 0.0570. The van der Waals surface area contributed by atoms with Crippen LogP contribution >= 0.6 is 0 Å². The highest BCUT2D eigenvalue weighted by Gasteiger charge is 2.30. The van der Waals surface area contributed by atoms with Crippen molar-refractivity contribution < 1.29 is 32.6 Å². The molecular formula is C38H43FN2O6. The molecular weight excluding hydrogens is 599 g/mol. The molecule has 248 valence electrons. The molecule has 1 amide bonds. The number of piperidine rings is 2. The van der Waals surface area contributed by atoms with Gasteiger partial charge in [0.1, 0.15) is 17.4 Å². The monoisotopic (exact) mass is 642 g/mol. The molecule has 0 spiro atoms. The van der Waals surface area contributed by atoms with Crippen LogP contribution in [0.25, 0.3) is 17.2 Å². The maximum Gasteiger partial charge on any atom is 0.415 e. The number of fused-ring (bicyclic) bond motifs is 1. The highest BCUT2D eigenvalue weighted by atomic mass is 19.1. The Hall–Kier alpha value is -4.37. The van der Waals surface area contributed by atoms with Gasteiger partial charge in [0.15, 0.2) is 11.5 Å². The van der Waals surface area contributed by atoms with Crippen molar-refractivity contribution in [1.29, 1.82) is 0 Å². The van der Waals surface area contributed by atoms with Crippen LogP contribution in [-0.4, -0.2) is 68.1 Å². The number of nitrogens with zero attached hydrogens (tertiary/aromatic N) is 2. The molecule has 3 aliphatic rings. The van der Waals surface area contributed by atoms with Crippen LogP contribution in [0, 0.1) is 5.82 Å². The average Bonchev–Trinajstić information content (AvgIpc) is 3.69. The first-order chi connectivity index (χ1) is 22.8. The number of ether oxygens (including phenoxy) is 3. The number of rotatable bonds is 10. The second-order valence-corrected chi connectivity index (χ2v) is 12.6. The summed E-state index contributed by atoms with van der Waals surface area (Å²) in [5.41, 5.74) is 5.26. The van der Waals surface area contributed by atoms with E-state index in [9.17, 15) is 14.0 Å². The molecule has 2 aliphatic heterocycles. The Morgan fingerprint density at radius 1 is 0.957 bits per heavy atom. The van der Waals surface area contributed by atoms with Crippen molar-refractivity contribution in [1.82, 2.24) is 9.80 Å². The first-order valence-corrected chi connectivity index (χ1v) is 16.6. The summed E-state index contributed by atoms with van der Waals surface area (Å²) in [5.74, 6) is 1.33. The number of likely N-dealkylation sites (tertiary alicyclic amines) is 2. The van der Waals surface area contributed by atoms with Gasteiger partial charge in [-0.05, 0) is 128 Å². The third-order valence-corrected chi connectivity index (χ3v) is 9.67. The van der Waals surface area contributed by atoms with Crippen molar-refractivity contribution in [2.75, 3.05) is 40.4 Å². The van der Waals surface area contributed by atoms with Gasteiger partial charge in [-0.3, -0.25) is 4.79 Å². The van der Waals surface area contributed by atoms with E-state index in [-0.39, 0.29) is 23.8 Å². The second-order valence-electron chi connectivity index (χ2n) is 12.6. The number of carbonyl (C=O) groups is 2. The van der Waals surface area contributed by atoms with Crippen LogP contribution in [0.15, 0.2) is 58.7 Å². The molecule has 3 aromatic rings. The topological polar surface area (TPSA) is 81.4 Å². The van der Waals surface area contributed by atoms with Crippen LogP contribution in [0.5, 0.6) is 17.2 Å². The fourth-order valence-electron chi connectivity index (χ4n) is 7.14. The molecule has 2 fully saturated rings. The van der Waals surface area contributed by atoms with Crippen LogP contribution in [0.4, 0.5) is 9.18 Å². The smallest absolute Gasteiger partial charge is 0.415 e. The van der Waals surface area contributed by atoms with E-state index in [1.165, 1.54) is 45.6 Å². The lowest BCUT2D eigenvalue weighted by molar-refractivity contribution is -0.118. The fraction of sp³-hybridized carbons (Fsp3) is 0.421. The fourth-order valence-corrected chi connectivity index (χ4v) is 7.14. The number of furan rings is 1. The predicted molar refractivity (Wildman–Crippen MR) is 179 cm³/mol. The van der Waals surface area contributed by atoms with Gasteiger partial charge >= 0.3 is 6.09 Å². The zero-order valence-corrected chi connectivity index (χ0v) is 27.5. The second kappa shape index (κ2) is 14.6. The van der Waals surface area contributed by atoms with Crippen molar-refractivity contribution in [3.63, 3.8) is 0 Å². The Bertz CT molecular complexity index is 1640. The summed E-state index contributed by atoms with van der Waals surface area (Å²) in [4.78, 5) is 30.3. The molecule has 6 rings (SSSR count). The van der Waals surface area contributed by atoms with Gasteiger partial charge in [0.2, 0.25) is 5.75 Å². The van der Waals surface area contributed by atoms with E-state index in [1.54, 1.807) is 29.4 Å². The van der Waals surface area contributed by atoms with Crippen molar-refractivity contribution in [3.05, 3.63) is 82.6 Å². The molecule has 3 heterocycles. The van der Waals surface area contributed by atoms with Gasteiger partial charge in [-0.2, -0.15) is 0 Å². The van der Waals surface area contributed by atoms with E-state index in [2.05, 4.69) is 4.90 Å². The molecule has 9 heteroatoms. The van der Waals surface area contributed by atoms with Crippen molar-refractivity contribution in [2.45, 2.75) is 64.3 Å². The van der Waals surface area contributed by atoms with Crippen LogP contribution in [-0.2, 0) is 11.2 Å². The maximum absolute atomic E-state index is 14.5. The number of ketones is 1. The van der Waals surface area contributed by atoms with Gasteiger partial charge in [-0.15, -0.1) is 0 Å². The average molecular weight is 643 g/mol. The molecule has 0 unspecified atom stereocenters. The molecule has 47 heavy (non-hydrogen) atoms. The van der Waals surface area contributed by atoms with Gasteiger partial charge in [-0.1, -0.05) is 12.5 Å². The van der Waals surface area contributed by atoms with Crippen LogP contribution in [0.1, 0.15) is 74.3 Å². The molecule has 0 N–H and O–H groups in total. The summed E-state index contributed by atoms with van der Waals surface area (Å²) in [6, 6.07) is 12.4. The standard InChI is InChI=1S/C38H43FN2O6/c1-25-31(12-10-29(42)24-30-8-7-19-46-30)34-23-27(39)9-11-32(34)33(25)20-26-21-35(44-2)37(36(22-26)45-3)47-38(43)41-17-13-28(14-18-41)40-15-5-4-6-16-40/h7-9,11,19-23,28H,4-6,10,12-18,24H2,1-3H3/b33-20-. The van der Waals surface area contributed by atoms with Crippen LogP contribution in [0.2, 0.25) is 0 Å². The lowest BCUT2D eigenvalue weighted by Crippen LogP contribution is -2.48. The SMILES string of the molecule is COc1cc(/C=C2/C(C)=C(CCC(=O)Cc3ccco3)c3cc(F)ccc32)cc(OC)c1OC(=O)N1CCC(N2CCCCC2)CC1. The molecule has 8 nitrogen and oxygen atoms in total.